The first-order valence-electron chi connectivity index (χ1n) is 8.63. The zero-order valence-electron chi connectivity index (χ0n) is 14.2. The van der Waals surface area contributed by atoms with Crippen LogP contribution in [0.25, 0.3) is 10.8 Å². The standard InChI is InChI=1S/C21H19N3O2/c25-20-19-12-17(9-8-15(19)10-11-22-20)24-21(26)23-13-16-6-3-5-14-4-1-2-7-18(14)16/h1-9,12H,10-11,13H2,(H,22,25)(H2,23,24,26). The van der Waals surface area contributed by atoms with Crippen molar-refractivity contribution in [2.75, 3.05) is 11.9 Å². The predicted molar refractivity (Wildman–Crippen MR) is 102 cm³/mol. The van der Waals surface area contributed by atoms with Crippen molar-refractivity contribution in [3.8, 4) is 0 Å². The Morgan fingerprint density at radius 1 is 1.04 bits per heavy atom. The molecule has 1 aliphatic rings. The van der Waals surface area contributed by atoms with Crippen molar-refractivity contribution in [2.45, 2.75) is 13.0 Å². The van der Waals surface area contributed by atoms with Gasteiger partial charge < -0.3 is 16.0 Å². The van der Waals surface area contributed by atoms with E-state index in [-0.39, 0.29) is 11.9 Å². The molecule has 0 aromatic heterocycles. The maximum atomic E-state index is 12.2. The molecule has 3 aromatic rings. The molecular formula is C21H19N3O2. The first-order chi connectivity index (χ1) is 12.7. The lowest BCUT2D eigenvalue weighted by Crippen LogP contribution is -2.32. The second kappa shape index (κ2) is 6.88. The molecule has 5 heteroatoms. The fraction of sp³-hybridized carbons (Fsp3) is 0.143. The lowest BCUT2D eigenvalue weighted by Gasteiger charge is -2.17. The van der Waals surface area contributed by atoms with E-state index in [2.05, 4.69) is 28.1 Å². The summed E-state index contributed by atoms with van der Waals surface area (Å²) in [4.78, 5) is 24.2. The molecule has 3 amide bonds. The van der Waals surface area contributed by atoms with Gasteiger partial charge in [0.25, 0.3) is 5.91 Å². The van der Waals surface area contributed by atoms with Gasteiger partial charge in [0.1, 0.15) is 0 Å². The summed E-state index contributed by atoms with van der Waals surface area (Å²) in [5.74, 6) is -0.0916. The molecule has 26 heavy (non-hydrogen) atoms. The topological polar surface area (TPSA) is 70.2 Å². The maximum Gasteiger partial charge on any atom is 0.319 e. The molecule has 5 nitrogen and oxygen atoms in total. The molecule has 0 radical (unpaired) electrons. The van der Waals surface area contributed by atoms with Crippen LogP contribution in [0, 0.1) is 0 Å². The van der Waals surface area contributed by atoms with Crippen molar-refractivity contribution in [3.05, 3.63) is 77.4 Å². The first kappa shape index (κ1) is 16.1. The highest BCUT2D eigenvalue weighted by Crippen LogP contribution is 2.20. The normalized spacial score (nSPS) is 13.0. The van der Waals surface area contributed by atoms with Gasteiger partial charge in [0.15, 0.2) is 0 Å². The summed E-state index contributed by atoms with van der Waals surface area (Å²) in [6.07, 6.45) is 0.814. The van der Waals surface area contributed by atoms with Crippen LogP contribution in [0.5, 0.6) is 0 Å². The van der Waals surface area contributed by atoms with Crippen LogP contribution < -0.4 is 16.0 Å². The van der Waals surface area contributed by atoms with Crippen LogP contribution in [0.3, 0.4) is 0 Å². The Balaban J connectivity index is 1.44. The van der Waals surface area contributed by atoms with E-state index in [4.69, 9.17) is 0 Å². The number of hydrogen-bond donors (Lipinski definition) is 3. The summed E-state index contributed by atoms with van der Waals surface area (Å²) in [6.45, 7) is 1.09. The fourth-order valence-corrected chi connectivity index (χ4v) is 3.29. The summed E-state index contributed by atoms with van der Waals surface area (Å²) < 4.78 is 0. The minimum absolute atomic E-state index is 0.0916. The number of carbonyl (C=O) groups excluding carboxylic acids is 2. The molecule has 0 saturated heterocycles. The van der Waals surface area contributed by atoms with Gasteiger partial charge in [-0.1, -0.05) is 48.5 Å². The van der Waals surface area contributed by atoms with Gasteiger partial charge in [-0.3, -0.25) is 4.79 Å². The van der Waals surface area contributed by atoms with Crippen molar-refractivity contribution in [3.63, 3.8) is 0 Å². The van der Waals surface area contributed by atoms with E-state index in [0.29, 0.717) is 24.3 Å². The average Bonchev–Trinajstić information content (AvgIpc) is 2.67. The summed E-state index contributed by atoms with van der Waals surface area (Å²) in [5.41, 5.74) is 3.30. The van der Waals surface area contributed by atoms with Crippen LogP contribution in [-0.4, -0.2) is 18.5 Å². The third-order valence-electron chi connectivity index (χ3n) is 4.61. The molecule has 3 N–H and O–H groups in total. The molecule has 1 aliphatic heterocycles. The number of nitrogens with one attached hydrogen (secondary N) is 3. The number of hydrogen-bond acceptors (Lipinski definition) is 2. The van der Waals surface area contributed by atoms with Crippen LogP contribution in [0.1, 0.15) is 21.5 Å². The third kappa shape index (κ3) is 3.24. The van der Waals surface area contributed by atoms with Gasteiger partial charge in [-0.05, 0) is 40.5 Å². The summed E-state index contributed by atoms with van der Waals surface area (Å²) in [6, 6.07) is 19.3. The van der Waals surface area contributed by atoms with Crippen molar-refractivity contribution in [1.29, 1.82) is 0 Å². The Hall–Kier alpha value is -3.34. The Labute approximate surface area is 151 Å². The Morgan fingerprint density at radius 2 is 1.88 bits per heavy atom. The zero-order chi connectivity index (χ0) is 17.9. The zero-order valence-corrected chi connectivity index (χ0v) is 14.2. The van der Waals surface area contributed by atoms with Gasteiger partial charge in [-0.2, -0.15) is 0 Å². The van der Waals surface area contributed by atoms with E-state index >= 15 is 0 Å². The fourth-order valence-electron chi connectivity index (χ4n) is 3.29. The van der Waals surface area contributed by atoms with Crippen LogP contribution in [0.2, 0.25) is 0 Å². The molecule has 0 saturated carbocycles. The smallest absolute Gasteiger partial charge is 0.319 e. The van der Waals surface area contributed by atoms with Gasteiger partial charge in [0, 0.05) is 24.3 Å². The van der Waals surface area contributed by atoms with Gasteiger partial charge in [-0.15, -0.1) is 0 Å². The van der Waals surface area contributed by atoms with E-state index in [1.165, 1.54) is 0 Å². The number of fused-ring (bicyclic) bond motifs is 2. The molecule has 0 aliphatic carbocycles. The highest BCUT2D eigenvalue weighted by Gasteiger charge is 2.17. The highest BCUT2D eigenvalue weighted by atomic mass is 16.2. The van der Waals surface area contributed by atoms with Gasteiger partial charge in [0.2, 0.25) is 0 Å². The van der Waals surface area contributed by atoms with Crippen molar-refractivity contribution in [2.24, 2.45) is 0 Å². The van der Waals surface area contributed by atoms with Gasteiger partial charge in [0.05, 0.1) is 0 Å². The first-order valence-corrected chi connectivity index (χ1v) is 8.63. The van der Waals surface area contributed by atoms with Crippen molar-refractivity contribution < 1.29 is 9.59 Å². The lowest BCUT2D eigenvalue weighted by molar-refractivity contribution is 0.0946. The molecule has 0 bridgehead atoms. The molecule has 0 unspecified atom stereocenters. The molecule has 0 fully saturated rings. The van der Waals surface area contributed by atoms with E-state index < -0.39 is 0 Å². The Kier molecular flexibility index (Phi) is 4.27. The second-order valence-electron chi connectivity index (χ2n) is 6.32. The van der Waals surface area contributed by atoms with Crippen molar-refractivity contribution in [1.82, 2.24) is 10.6 Å². The highest BCUT2D eigenvalue weighted by molar-refractivity contribution is 5.99. The van der Waals surface area contributed by atoms with E-state index in [0.717, 1.165) is 28.3 Å². The number of urea groups is 1. The largest absolute Gasteiger partial charge is 0.352 e. The summed E-state index contributed by atoms with van der Waals surface area (Å²) >= 11 is 0. The predicted octanol–water partition coefficient (Wildman–Crippen LogP) is 3.45. The molecular weight excluding hydrogens is 326 g/mol. The molecule has 3 aromatic carbocycles. The number of amides is 3. The summed E-state index contributed by atoms with van der Waals surface area (Å²) in [7, 11) is 0. The van der Waals surface area contributed by atoms with Crippen LogP contribution in [0.4, 0.5) is 10.5 Å². The minimum atomic E-state index is -0.297. The molecule has 1 heterocycles. The maximum absolute atomic E-state index is 12.2. The number of rotatable bonds is 3. The van der Waals surface area contributed by atoms with E-state index in [1.54, 1.807) is 6.07 Å². The number of carbonyl (C=O) groups is 2. The van der Waals surface area contributed by atoms with Crippen LogP contribution in [0.15, 0.2) is 60.7 Å². The molecule has 130 valence electrons. The van der Waals surface area contributed by atoms with Gasteiger partial charge >= 0.3 is 6.03 Å². The van der Waals surface area contributed by atoms with E-state index in [9.17, 15) is 9.59 Å². The number of anilines is 1. The quantitative estimate of drug-likeness (QED) is 0.680. The van der Waals surface area contributed by atoms with Crippen molar-refractivity contribution >= 4 is 28.4 Å². The number of benzene rings is 3. The average molecular weight is 345 g/mol. The molecule has 0 atom stereocenters. The van der Waals surface area contributed by atoms with E-state index in [1.807, 2.05) is 42.5 Å². The summed E-state index contributed by atoms with van der Waals surface area (Å²) in [5, 5.41) is 10.8. The second-order valence-corrected chi connectivity index (χ2v) is 6.32. The van der Waals surface area contributed by atoms with Crippen LogP contribution >= 0.6 is 0 Å². The Bertz CT molecular complexity index is 992. The monoisotopic (exact) mass is 345 g/mol. The minimum Gasteiger partial charge on any atom is -0.352 e. The lowest BCUT2D eigenvalue weighted by atomic mass is 10.00. The SMILES string of the molecule is O=C(NCc1cccc2ccccc12)Nc1ccc2c(c1)C(=O)NCC2. The third-order valence-corrected chi connectivity index (χ3v) is 4.61. The molecule has 4 rings (SSSR count). The van der Waals surface area contributed by atoms with Gasteiger partial charge in [-0.25, -0.2) is 4.79 Å². The Morgan fingerprint density at radius 3 is 2.81 bits per heavy atom. The molecule has 0 spiro atoms. The van der Waals surface area contributed by atoms with Crippen LogP contribution in [-0.2, 0) is 13.0 Å².